The third-order valence-electron chi connectivity index (χ3n) is 3.45. The van der Waals surface area contributed by atoms with E-state index in [0.29, 0.717) is 5.92 Å². The maximum atomic E-state index is 13.5. The van der Waals surface area contributed by atoms with Gasteiger partial charge in [0.25, 0.3) is 0 Å². The molecule has 0 spiro atoms. The summed E-state index contributed by atoms with van der Waals surface area (Å²) in [7, 11) is 1.24. The van der Waals surface area contributed by atoms with E-state index in [1.165, 1.54) is 26.0 Å². The van der Waals surface area contributed by atoms with Crippen molar-refractivity contribution < 1.29 is 13.9 Å². The average Bonchev–Trinajstić information content (AvgIpc) is 3.23. The van der Waals surface area contributed by atoms with Crippen LogP contribution in [0.4, 0.5) is 14.9 Å². The maximum absolute atomic E-state index is 13.5. The number of hydrogen-bond donors (Lipinski definition) is 2. The van der Waals surface area contributed by atoms with Crippen LogP contribution < -0.4 is 11.1 Å². The number of rotatable bonds is 5. The van der Waals surface area contributed by atoms with E-state index in [9.17, 15) is 9.18 Å². The molecule has 2 rings (SSSR count). The number of carbonyl (C=O) groups excluding carboxylic acids is 1. The minimum atomic E-state index is -0.675. The summed E-state index contributed by atoms with van der Waals surface area (Å²) in [6.07, 6.45) is 3.44. The van der Waals surface area contributed by atoms with Crippen LogP contribution in [0.15, 0.2) is 18.2 Å². The second-order valence-electron chi connectivity index (χ2n) is 4.97. The topological polar surface area (TPSA) is 64.3 Å². The van der Waals surface area contributed by atoms with Gasteiger partial charge in [0.05, 0.1) is 12.8 Å². The molecule has 4 nitrogen and oxygen atoms in total. The van der Waals surface area contributed by atoms with Crippen LogP contribution in [0.5, 0.6) is 0 Å². The summed E-state index contributed by atoms with van der Waals surface area (Å²) in [5, 5.41) is 2.36. The number of anilines is 1. The molecule has 1 saturated carbocycles. The van der Waals surface area contributed by atoms with Crippen molar-refractivity contribution in [1.82, 2.24) is 0 Å². The van der Waals surface area contributed by atoms with Gasteiger partial charge in [-0.25, -0.2) is 9.18 Å². The van der Waals surface area contributed by atoms with Crippen LogP contribution in [-0.4, -0.2) is 19.2 Å². The number of methoxy groups -OCH3 is 1. The first-order valence-electron chi connectivity index (χ1n) is 6.49. The lowest BCUT2D eigenvalue weighted by Crippen LogP contribution is -2.22. The van der Waals surface area contributed by atoms with Gasteiger partial charge in [0, 0.05) is 6.04 Å². The first-order valence-corrected chi connectivity index (χ1v) is 6.49. The molecule has 1 aliphatic carbocycles. The quantitative estimate of drug-likeness (QED) is 0.861. The fourth-order valence-electron chi connectivity index (χ4n) is 2.08. The van der Waals surface area contributed by atoms with Crippen molar-refractivity contribution in [3.05, 3.63) is 29.6 Å². The average molecular weight is 266 g/mol. The molecule has 1 aromatic carbocycles. The summed E-state index contributed by atoms with van der Waals surface area (Å²) in [6.45, 7) is 0. The molecule has 1 aromatic rings. The van der Waals surface area contributed by atoms with Crippen molar-refractivity contribution in [3.8, 4) is 0 Å². The van der Waals surface area contributed by atoms with Crippen molar-refractivity contribution in [2.75, 3.05) is 12.4 Å². The van der Waals surface area contributed by atoms with Crippen LogP contribution in [0.1, 0.15) is 24.8 Å². The number of amides is 1. The largest absolute Gasteiger partial charge is 0.453 e. The maximum Gasteiger partial charge on any atom is 0.411 e. The first-order chi connectivity index (χ1) is 9.10. The predicted octanol–water partition coefficient (Wildman–Crippen LogP) is 2.67. The van der Waals surface area contributed by atoms with Crippen molar-refractivity contribution in [1.29, 1.82) is 0 Å². The van der Waals surface area contributed by atoms with Crippen LogP contribution in [0.2, 0.25) is 0 Å². The Morgan fingerprint density at radius 2 is 2.32 bits per heavy atom. The van der Waals surface area contributed by atoms with E-state index in [4.69, 9.17) is 5.73 Å². The molecule has 0 radical (unpaired) electrons. The van der Waals surface area contributed by atoms with Crippen LogP contribution >= 0.6 is 0 Å². The first kappa shape index (κ1) is 13.8. The van der Waals surface area contributed by atoms with Gasteiger partial charge >= 0.3 is 6.09 Å². The number of carbonyl (C=O) groups is 1. The molecule has 5 heteroatoms. The Hall–Kier alpha value is -1.62. The van der Waals surface area contributed by atoms with E-state index >= 15 is 0 Å². The minimum Gasteiger partial charge on any atom is -0.453 e. The number of ether oxygens (including phenoxy) is 1. The minimum absolute atomic E-state index is 0.143. The molecule has 0 saturated heterocycles. The van der Waals surface area contributed by atoms with Gasteiger partial charge in [0.1, 0.15) is 5.82 Å². The molecular weight excluding hydrogens is 247 g/mol. The fourth-order valence-corrected chi connectivity index (χ4v) is 2.08. The molecule has 0 aliphatic heterocycles. The van der Waals surface area contributed by atoms with Gasteiger partial charge in [-0.2, -0.15) is 0 Å². The number of aryl methyl sites for hydroxylation is 1. The second-order valence-corrected chi connectivity index (χ2v) is 4.97. The summed E-state index contributed by atoms with van der Waals surface area (Å²) >= 11 is 0. The third-order valence-corrected chi connectivity index (χ3v) is 3.45. The molecule has 19 heavy (non-hydrogen) atoms. The van der Waals surface area contributed by atoms with Crippen LogP contribution in [0, 0.1) is 11.7 Å². The zero-order valence-electron chi connectivity index (χ0n) is 11.0. The van der Waals surface area contributed by atoms with Gasteiger partial charge in [-0.15, -0.1) is 0 Å². The van der Waals surface area contributed by atoms with Gasteiger partial charge in [0.2, 0.25) is 0 Å². The molecule has 0 unspecified atom stereocenters. The van der Waals surface area contributed by atoms with E-state index in [0.717, 1.165) is 18.4 Å². The normalized spacial score (nSPS) is 15.9. The molecule has 0 aromatic heterocycles. The highest BCUT2D eigenvalue weighted by molar-refractivity contribution is 5.84. The fraction of sp³-hybridized carbons (Fsp3) is 0.500. The van der Waals surface area contributed by atoms with E-state index in [-0.39, 0.29) is 11.7 Å². The molecule has 1 amide bonds. The number of halogens is 1. The molecule has 0 heterocycles. The van der Waals surface area contributed by atoms with E-state index in [1.807, 2.05) is 0 Å². The Kier molecular flexibility index (Phi) is 4.37. The highest BCUT2D eigenvalue weighted by atomic mass is 19.1. The van der Waals surface area contributed by atoms with Crippen molar-refractivity contribution in [3.63, 3.8) is 0 Å². The number of nitrogens with one attached hydrogen (secondary N) is 1. The van der Waals surface area contributed by atoms with Crippen LogP contribution in [0.3, 0.4) is 0 Å². The van der Waals surface area contributed by atoms with Crippen LogP contribution in [-0.2, 0) is 11.2 Å². The second kappa shape index (κ2) is 6.02. The Bertz CT molecular complexity index is 461. The number of nitrogens with two attached hydrogens (primary N) is 1. The Morgan fingerprint density at radius 1 is 1.58 bits per heavy atom. The summed E-state index contributed by atoms with van der Waals surface area (Å²) in [6, 6.07) is 4.93. The van der Waals surface area contributed by atoms with Crippen molar-refractivity contribution >= 4 is 11.8 Å². The summed E-state index contributed by atoms with van der Waals surface area (Å²) in [4.78, 5) is 11.1. The zero-order chi connectivity index (χ0) is 13.8. The lowest BCUT2D eigenvalue weighted by atomic mass is 10.0. The smallest absolute Gasteiger partial charge is 0.411 e. The standard InChI is InChI=1S/C14H19FN2O2/c1-19-14(18)17-13-8-9(2-6-11(13)15)3-7-12(16)10-4-5-10/h2,6,8,10,12H,3-5,7,16H2,1H3,(H,17,18)/t12-/m0/s1. The monoisotopic (exact) mass is 266 g/mol. The van der Waals surface area contributed by atoms with Gasteiger partial charge in [-0.1, -0.05) is 6.07 Å². The van der Waals surface area contributed by atoms with Crippen molar-refractivity contribution in [2.24, 2.45) is 11.7 Å². The third kappa shape index (κ3) is 3.92. The molecule has 104 valence electrons. The SMILES string of the molecule is COC(=O)Nc1cc(CC[C@H](N)C2CC2)ccc1F. The Morgan fingerprint density at radius 3 is 2.95 bits per heavy atom. The molecule has 1 aliphatic rings. The van der Waals surface area contributed by atoms with Crippen molar-refractivity contribution in [2.45, 2.75) is 31.7 Å². The highest BCUT2D eigenvalue weighted by Crippen LogP contribution is 2.33. The van der Waals surface area contributed by atoms with E-state index in [1.54, 1.807) is 12.1 Å². The predicted molar refractivity (Wildman–Crippen MR) is 71.4 cm³/mol. The molecule has 1 atom stereocenters. The van der Waals surface area contributed by atoms with E-state index in [2.05, 4.69) is 10.1 Å². The number of hydrogen-bond acceptors (Lipinski definition) is 3. The molecular formula is C14H19FN2O2. The van der Waals surface area contributed by atoms with Gasteiger partial charge in [-0.05, 0) is 49.3 Å². The zero-order valence-corrected chi connectivity index (χ0v) is 11.0. The summed E-state index contributed by atoms with van der Waals surface area (Å²) < 4.78 is 18.0. The van der Waals surface area contributed by atoms with Gasteiger partial charge < -0.3 is 10.5 Å². The van der Waals surface area contributed by atoms with Crippen LogP contribution in [0.25, 0.3) is 0 Å². The van der Waals surface area contributed by atoms with Gasteiger partial charge in [-0.3, -0.25) is 5.32 Å². The highest BCUT2D eigenvalue weighted by Gasteiger charge is 2.27. The van der Waals surface area contributed by atoms with E-state index < -0.39 is 11.9 Å². The van der Waals surface area contributed by atoms with Gasteiger partial charge in [0.15, 0.2) is 0 Å². The summed E-state index contributed by atoms with van der Waals surface area (Å²) in [5.41, 5.74) is 7.14. The lowest BCUT2D eigenvalue weighted by Gasteiger charge is -2.11. The number of benzene rings is 1. The Labute approximate surface area is 112 Å². The molecule has 0 bridgehead atoms. The molecule has 3 N–H and O–H groups in total. The Balaban J connectivity index is 1.96. The molecule has 1 fully saturated rings. The summed E-state index contributed by atoms with van der Waals surface area (Å²) in [5.74, 6) is 0.189. The lowest BCUT2D eigenvalue weighted by molar-refractivity contribution is 0.187.